The highest BCUT2D eigenvalue weighted by atomic mass is 79.9. The Bertz CT molecular complexity index is 710. The van der Waals surface area contributed by atoms with Gasteiger partial charge in [0.05, 0.1) is 12.0 Å². The summed E-state index contributed by atoms with van der Waals surface area (Å²) in [5, 5.41) is 0. The molecule has 5 nitrogen and oxygen atoms in total. The van der Waals surface area contributed by atoms with E-state index in [9.17, 15) is 13.2 Å². The largest absolute Gasteiger partial charge is 0.468 e. The second kappa shape index (κ2) is 9.21. The van der Waals surface area contributed by atoms with Gasteiger partial charge in [-0.05, 0) is 40.4 Å². The number of nitrogens with zero attached hydrogens (tertiary/aromatic N) is 1. The number of benzene rings is 1. The minimum atomic E-state index is -3.89. The molecule has 0 saturated heterocycles. The molecule has 1 rings (SSSR count). The van der Waals surface area contributed by atoms with E-state index in [0.29, 0.717) is 17.3 Å². The summed E-state index contributed by atoms with van der Waals surface area (Å²) in [6.45, 7) is 3.71. The molecule has 0 aliphatic carbocycles. The lowest BCUT2D eigenvalue weighted by molar-refractivity contribution is -0.146. The van der Waals surface area contributed by atoms with Crippen molar-refractivity contribution in [2.45, 2.75) is 37.6 Å². The van der Waals surface area contributed by atoms with Crippen LogP contribution in [0.15, 0.2) is 33.6 Å². The van der Waals surface area contributed by atoms with Gasteiger partial charge in [0.15, 0.2) is 0 Å². The number of carbonyl (C=O) groups excluding carboxylic acids is 1. The minimum absolute atomic E-state index is 0.111. The number of hydrogen-bond acceptors (Lipinski definition) is 4. The molecule has 0 aromatic heterocycles. The Hall–Kier alpha value is -1.36. The van der Waals surface area contributed by atoms with E-state index >= 15 is 0 Å². The number of terminal acetylenes is 1. The van der Waals surface area contributed by atoms with E-state index in [1.807, 2.05) is 0 Å². The normalized spacial score (nSPS) is 12.9. The molecule has 0 aliphatic heterocycles. The number of hydrogen-bond donors (Lipinski definition) is 0. The number of rotatable bonds is 8. The monoisotopic (exact) mass is 415 g/mol. The van der Waals surface area contributed by atoms with Crippen LogP contribution in [0.1, 0.15) is 26.7 Å². The highest BCUT2D eigenvalue weighted by molar-refractivity contribution is 9.10. The van der Waals surface area contributed by atoms with Gasteiger partial charge in [-0.2, -0.15) is 4.31 Å². The molecule has 1 atom stereocenters. The standard InChI is InChI=1S/C17H22BrNO4S/c1-5-6-9-12-19(16(13(2)3)17(20)23-4)24(21,22)15-11-8-7-10-14(15)18/h1,7-8,10-11,13,16H,6,9,12H2,2-4H3/t16-/m0/s1. The number of esters is 1. The summed E-state index contributed by atoms with van der Waals surface area (Å²) in [5.74, 6) is 1.66. The molecule has 24 heavy (non-hydrogen) atoms. The SMILES string of the molecule is C#CCCCN([C@H](C(=O)OC)C(C)C)S(=O)(=O)c1ccccc1Br. The Morgan fingerprint density at radius 2 is 2.00 bits per heavy atom. The number of ether oxygens (including phenoxy) is 1. The van der Waals surface area contributed by atoms with Crippen LogP contribution in [0.25, 0.3) is 0 Å². The van der Waals surface area contributed by atoms with Crippen molar-refractivity contribution >= 4 is 31.9 Å². The van der Waals surface area contributed by atoms with E-state index in [4.69, 9.17) is 11.2 Å². The summed E-state index contributed by atoms with van der Waals surface area (Å²) < 4.78 is 32.8. The molecule has 0 N–H and O–H groups in total. The van der Waals surface area contributed by atoms with Crippen molar-refractivity contribution in [1.82, 2.24) is 4.31 Å². The Morgan fingerprint density at radius 1 is 1.38 bits per heavy atom. The number of sulfonamides is 1. The lowest BCUT2D eigenvalue weighted by Gasteiger charge is -2.31. The predicted molar refractivity (Wildman–Crippen MR) is 96.7 cm³/mol. The molecule has 7 heteroatoms. The molecule has 0 bridgehead atoms. The number of carbonyl (C=O) groups is 1. The molecule has 0 spiro atoms. The van der Waals surface area contributed by atoms with Crippen molar-refractivity contribution in [2.24, 2.45) is 5.92 Å². The molecule has 0 saturated carbocycles. The molecule has 132 valence electrons. The predicted octanol–water partition coefficient (Wildman–Crippen LogP) is 3.05. The zero-order valence-corrected chi connectivity index (χ0v) is 16.4. The van der Waals surface area contributed by atoms with Crippen molar-refractivity contribution in [3.05, 3.63) is 28.7 Å². The fourth-order valence-electron chi connectivity index (χ4n) is 2.37. The van der Waals surface area contributed by atoms with Gasteiger partial charge >= 0.3 is 5.97 Å². The van der Waals surface area contributed by atoms with Gasteiger partial charge in [0.2, 0.25) is 10.0 Å². The molecule has 1 aromatic carbocycles. The fourth-order valence-corrected chi connectivity index (χ4v) is 5.08. The van der Waals surface area contributed by atoms with E-state index in [2.05, 4.69) is 21.9 Å². The first-order valence-corrected chi connectivity index (χ1v) is 9.78. The van der Waals surface area contributed by atoms with Gasteiger partial charge in [-0.3, -0.25) is 4.79 Å². The zero-order chi connectivity index (χ0) is 18.3. The summed E-state index contributed by atoms with van der Waals surface area (Å²) in [6, 6.07) is 5.60. The van der Waals surface area contributed by atoms with Crippen molar-refractivity contribution < 1.29 is 17.9 Å². The van der Waals surface area contributed by atoms with Gasteiger partial charge in [0, 0.05) is 17.4 Å². The average molecular weight is 416 g/mol. The van der Waals surface area contributed by atoms with Crippen molar-refractivity contribution in [2.75, 3.05) is 13.7 Å². The van der Waals surface area contributed by atoms with E-state index in [1.165, 1.54) is 17.5 Å². The lowest BCUT2D eigenvalue weighted by Crippen LogP contribution is -2.49. The van der Waals surface area contributed by atoms with Crippen LogP contribution in [-0.2, 0) is 19.6 Å². The maximum atomic E-state index is 13.2. The van der Waals surface area contributed by atoms with Crippen LogP contribution in [0.4, 0.5) is 0 Å². The molecular formula is C17H22BrNO4S. The second-order valence-electron chi connectivity index (χ2n) is 5.57. The highest BCUT2D eigenvalue weighted by Crippen LogP contribution is 2.28. The molecule has 0 aliphatic rings. The van der Waals surface area contributed by atoms with Gasteiger partial charge in [0.1, 0.15) is 6.04 Å². The number of methoxy groups -OCH3 is 1. The van der Waals surface area contributed by atoms with Crippen molar-refractivity contribution in [3.63, 3.8) is 0 Å². The maximum Gasteiger partial charge on any atom is 0.324 e. The number of halogens is 1. The van der Waals surface area contributed by atoms with Crippen LogP contribution >= 0.6 is 15.9 Å². The van der Waals surface area contributed by atoms with Gasteiger partial charge in [0.25, 0.3) is 0 Å². The quantitative estimate of drug-likeness (QED) is 0.371. The summed E-state index contributed by atoms with van der Waals surface area (Å²) in [5.41, 5.74) is 0. The number of unbranched alkanes of at least 4 members (excludes halogenated alkanes) is 1. The van der Waals surface area contributed by atoms with Crippen LogP contribution in [0.5, 0.6) is 0 Å². The second-order valence-corrected chi connectivity index (χ2v) is 8.28. The van der Waals surface area contributed by atoms with Crippen LogP contribution in [0.2, 0.25) is 0 Å². The summed E-state index contributed by atoms with van der Waals surface area (Å²) >= 11 is 3.27. The first kappa shape index (κ1) is 20.7. The Morgan fingerprint density at radius 3 is 2.50 bits per heavy atom. The third-order valence-electron chi connectivity index (χ3n) is 3.51. The van der Waals surface area contributed by atoms with E-state index in [1.54, 1.807) is 32.0 Å². The minimum Gasteiger partial charge on any atom is -0.468 e. The van der Waals surface area contributed by atoms with Crippen LogP contribution in [0.3, 0.4) is 0 Å². The maximum absolute atomic E-state index is 13.2. The Balaban J connectivity index is 3.38. The zero-order valence-electron chi connectivity index (χ0n) is 14.0. The van der Waals surface area contributed by atoms with Crippen molar-refractivity contribution in [3.8, 4) is 12.3 Å². The molecule has 0 radical (unpaired) electrons. The van der Waals surface area contributed by atoms with E-state index < -0.39 is 22.0 Å². The first-order valence-electron chi connectivity index (χ1n) is 7.55. The van der Waals surface area contributed by atoms with Gasteiger partial charge in [-0.25, -0.2) is 8.42 Å². The van der Waals surface area contributed by atoms with Crippen LogP contribution in [-0.4, -0.2) is 38.4 Å². The third-order valence-corrected chi connectivity index (χ3v) is 6.40. The lowest BCUT2D eigenvalue weighted by atomic mass is 10.0. The third kappa shape index (κ3) is 4.82. The molecular weight excluding hydrogens is 394 g/mol. The summed E-state index contributed by atoms with van der Waals surface area (Å²) in [7, 11) is -2.64. The van der Waals surface area contributed by atoms with Gasteiger partial charge in [-0.15, -0.1) is 12.3 Å². The van der Waals surface area contributed by atoms with Gasteiger partial charge in [-0.1, -0.05) is 26.0 Å². The van der Waals surface area contributed by atoms with Crippen molar-refractivity contribution in [1.29, 1.82) is 0 Å². The molecule has 0 heterocycles. The smallest absolute Gasteiger partial charge is 0.324 e. The Labute approximate surface area is 152 Å². The molecule has 0 amide bonds. The summed E-state index contributed by atoms with van der Waals surface area (Å²) in [6.07, 6.45) is 6.15. The van der Waals surface area contributed by atoms with E-state index in [-0.39, 0.29) is 17.4 Å². The fraction of sp³-hybridized carbons (Fsp3) is 0.471. The topological polar surface area (TPSA) is 63.7 Å². The van der Waals surface area contributed by atoms with Crippen LogP contribution in [0, 0.1) is 18.3 Å². The van der Waals surface area contributed by atoms with E-state index in [0.717, 1.165) is 0 Å². The molecule has 0 fully saturated rings. The molecule has 0 unspecified atom stereocenters. The summed E-state index contributed by atoms with van der Waals surface area (Å²) in [4.78, 5) is 12.3. The average Bonchev–Trinajstić information content (AvgIpc) is 2.53. The van der Waals surface area contributed by atoms with Gasteiger partial charge < -0.3 is 4.74 Å². The van der Waals surface area contributed by atoms with Crippen LogP contribution < -0.4 is 0 Å². The Kier molecular flexibility index (Phi) is 7.94. The highest BCUT2D eigenvalue weighted by Gasteiger charge is 2.38. The first-order chi connectivity index (χ1) is 11.3. The molecule has 1 aromatic rings.